The first kappa shape index (κ1) is 15.9. The molecule has 0 fully saturated rings. The zero-order valence-electron chi connectivity index (χ0n) is 13.0. The average Bonchev–Trinajstić information content (AvgIpc) is 3.06. The Hall–Kier alpha value is -2.61. The summed E-state index contributed by atoms with van der Waals surface area (Å²) in [5.74, 6) is 0.152. The van der Waals surface area contributed by atoms with Crippen molar-refractivity contribution in [3.63, 3.8) is 0 Å². The van der Waals surface area contributed by atoms with Gasteiger partial charge in [-0.3, -0.25) is 0 Å². The van der Waals surface area contributed by atoms with Crippen molar-refractivity contribution in [2.24, 2.45) is 4.99 Å². The second-order valence-corrected chi connectivity index (χ2v) is 6.52. The fourth-order valence-corrected chi connectivity index (χ4v) is 3.17. The van der Waals surface area contributed by atoms with E-state index >= 15 is 0 Å². The van der Waals surface area contributed by atoms with Gasteiger partial charge in [0.1, 0.15) is 17.0 Å². The quantitative estimate of drug-likeness (QED) is 0.254. The average molecular weight is 442 g/mol. The van der Waals surface area contributed by atoms with E-state index in [0.717, 1.165) is 20.2 Å². The van der Waals surface area contributed by atoms with Crippen molar-refractivity contribution in [3.05, 3.63) is 87.7 Å². The first-order chi connectivity index (χ1) is 12.2. The summed E-state index contributed by atoms with van der Waals surface area (Å²) in [5, 5.41) is 8.44. The molecule has 4 rings (SSSR count). The van der Waals surface area contributed by atoms with Crippen LogP contribution < -0.4 is 0 Å². The number of halogens is 2. The lowest BCUT2D eigenvalue weighted by Gasteiger charge is -2.10. The van der Waals surface area contributed by atoms with Gasteiger partial charge in [0.25, 0.3) is 0 Å². The maximum atomic E-state index is 14.2. The number of benzene rings is 3. The first-order valence-corrected chi connectivity index (χ1v) is 8.71. The van der Waals surface area contributed by atoms with Crippen molar-refractivity contribution in [1.82, 2.24) is 15.0 Å². The number of hydrogen-bond donors (Lipinski definition) is 0. The van der Waals surface area contributed by atoms with Crippen LogP contribution in [-0.2, 0) is 0 Å². The van der Waals surface area contributed by atoms with Gasteiger partial charge < -0.3 is 0 Å². The second-order valence-electron chi connectivity index (χ2n) is 5.36. The molecular formula is C19H12FIN4. The lowest BCUT2D eigenvalue weighted by atomic mass is 10.2. The summed E-state index contributed by atoms with van der Waals surface area (Å²) < 4.78 is 16.8. The van der Waals surface area contributed by atoms with E-state index in [1.165, 1.54) is 6.07 Å². The van der Waals surface area contributed by atoms with Crippen LogP contribution in [0.25, 0.3) is 11.0 Å². The Morgan fingerprint density at radius 3 is 2.48 bits per heavy atom. The van der Waals surface area contributed by atoms with Gasteiger partial charge in [0.15, 0.2) is 5.84 Å². The number of hydrogen-bond acceptors (Lipinski definition) is 3. The minimum Gasteiger partial charge on any atom is -0.225 e. The third-order valence-electron chi connectivity index (χ3n) is 3.75. The Balaban J connectivity index is 2.00. The predicted octanol–water partition coefficient (Wildman–Crippen LogP) is 4.80. The molecule has 0 amide bonds. The van der Waals surface area contributed by atoms with Crippen molar-refractivity contribution in [3.8, 4) is 0 Å². The zero-order valence-corrected chi connectivity index (χ0v) is 15.1. The topological polar surface area (TPSA) is 43.1 Å². The van der Waals surface area contributed by atoms with Gasteiger partial charge in [-0.1, -0.05) is 47.7 Å². The zero-order chi connectivity index (χ0) is 17.2. The van der Waals surface area contributed by atoms with E-state index < -0.39 is 0 Å². The lowest BCUT2D eigenvalue weighted by Crippen LogP contribution is -2.16. The van der Waals surface area contributed by atoms with E-state index in [2.05, 4.69) is 37.9 Å². The molecule has 25 heavy (non-hydrogen) atoms. The van der Waals surface area contributed by atoms with Crippen molar-refractivity contribution in [2.75, 3.05) is 0 Å². The van der Waals surface area contributed by atoms with E-state index in [9.17, 15) is 4.39 Å². The number of aliphatic imine (C=N–C) groups is 1. The summed E-state index contributed by atoms with van der Waals surface area (Å²) in [6, 6.07) is 21.9. The van der Waals surface area contributed by atoms with Crippen molar-refractivity contribution in [1.29, 1.82) is 0 Å². The normalized spacial score (nSPS) is 11.8. The van der Waals surface area contributed by atoms with Crippen LogP contribution in [0.15, 0.2) is 77.8 Å². The van der Waals surface area contributed by atoms with E-state index in [1.54, 1.807) is 22.9 Å². The summed E-state index contributed by atoms with van der Waals surface area (Å²) in [4.78, 5) is 4.58. The van der Waals surface area contributed by atoms with Gasteiger partial charge in [-0.15, -0.1) is 5.10 Å². The minimum atomic E-state index is -0.379. The molecule has 122 valence electrons. The molecule has 0 aliphatic carbocycles. The summed E-state index contributed by atoms with van der Waals surface area (Å²) in [6.45, 7) is 0. The van der Waals surface area contributed by atoms with Crippen molar-refractivity contribution >= 4 is 45.1 Å². The van der Waals surface area contributed by atoms with Crippen LogP contribution in [0.1, 0.15) is 5.56 Å². The van der Waals surface area contributed by atoms with Crippen LogP contribution in [0.4, 0.5) is 10.1 Å². The van der Waals surface area contributed by atoms with Crippen LogP contribution >= 0.6 is 22.6 Å². The highest BCUT2D eigenvalue weighted by atomic mass is 127. The maximum Gasteiger partial charge on any atom is 0.164 e. The second kappa shape index (κ2) is 6.72. The van der Waals surface area contributed by atoms with Gasteiger partial charge in [-0.25, -0.2) is 9.38 Å². The van der Waals surface area contributed by atoms with Gasteiger partial charge in [0, 0.05) is 9.13 Å². The molecule has 0 radical (unpaired) electrons. The molecule has 4 nitrogen and oxygen atoms in total. The number of para-hydroxylation sites is 2. The molecule has 0 saturated heterocycles. The molecule has 0 unspecified atom stereocenters. The SMILES string of the molecule is Fc1ccccc1N=C(c1ccccc1I)n1nnc2ccccc21. The fraction of sp³-hybridized carbons (Fsp3) is 0. The minimum absolute atomic E-state index is 0.261. The highest BCUT2D eigenvalue weighted by Gasteiger charge is 2.15. The fourth-order valence-electron chi connectivity index (χ4n) is 2.55. The summed E-state index contributed by atoms with van der Waals surface area (Å²) >= 11 is 2.24. The smallest absolute Gasteiger partial charge is 0.164 e. The highest BCUT2D eigenvalue weighted by Crippen LogP contribution is 2.22. The number of aromatic nitrogens is 3. The third-order valence-corrected chi connectivity index (χ3v) is 4.69. The first-order valence-electron chi connectivity index (χ1n) is 7.63. The molecule has 0 bridgehead atoms. The maximum absolute atomic E-state index is 14.2. The molecule has 0 saturated carbocycles. The van der Waals surface area contributed by atoms with E-state index in [0.29, 0.717) is 5.84 Å². The summed E-state index contributed by atoms with van der Waals surface area (Å²) in [6.07, 6.45) is 0. The molecule has 3 aromatic carbocycles. The summed E-state index contributed by atoms with van der Waals surface area (Å²) in [5.41, 5.74) is 2.70. The Kier molecular flexibility index (Phi) is 4.27. The van der Waals surface area contributed by atoms with Crippen LogP contribution in [0.2, 0.25) is 0 Å². The van der Waals surface area contributed by atoms with E-state index in [1.807, 2.05) is 48.5 Å². The highest BCUT2D eigenvalue weighted by molar-refractivity contribution is 14.1. The molecule has 0 N–H and O–H groups in total. The predicted molar refractivity (Wildman–Crippen MR) is 105 cm³/mol. The molecule has 4 aromatic rings. The van der Waals surface area contributed by atoms with Gasteiger partial charge in [0.2, 0.25) is 0 Å². The van der Waals surface area contributed by atoms with Crippen LogP contribution in [0.5, 0.6) is 0 Å². The summed E-state index contributed by atoms with van der Waals surface area (Å²) in [7, 11) is 0. The molecule has 0 spiro atoms. The molecule has 6 heteroatoms. The molecule has 1 heterocycles. The monoisotopic (exact) mass is 442 g/mol. The molecule has 0 atom stereocenters. The van der Waals surface area contributed by atoms with Gasteiger partial charge in [-0.2, -0.15) is 4.68 Å². The Morgan fingerprint density at radius 2 is 1.64 bits per heavy atom. The number of rotatable bonds is 2. The van der Waals surface area contributed by atoms with Crippen LogP contribution in [-0.4, -0.2) is 20.8 Å². The van der Waals surface area contributed by atoms with Crippen LogP contribution in [0, 0.1) is 9.39 Å². The third kappa shape index (κ3) is 3.05. The largest absolute Gasteiger partial charge is 0.225 e. The number of fused-ring (bicyclic) bond motifs is 1. The Bertz CT molecular complexity index is 1090. The van der Waals surface area contributed by atoms with E-state index in [-0.39, 0.29) is 11.5 Å². The van der Waals surface area contributed by atoms with Crippen molar-refractivity contribution in [2.45, 2.75) is 0 Å². The van der Waals surface area contributed by atoms with Crippen LogP contribution in [0.3, 0.4) is 0 Å². The van der Waals surface area contributed by atoms with Gasteiger partial charge >= 0.3 is 0 Å². The molecule has 1 aromatic heterocycles. The van der Waals surface area contributed by atoms with Gasteiger partial charge in [0.05, 0.1) is 5.52 Å². The standard InChI is InChI=1S/C19H12FIN4/c20-14-8-2-4-10-16(14)22-19(13-7-1-3-9-15(13)21)25-18-12-6-5-11-17(18)23-24-25/h1-12H. The molecular weight excluding hydrogens is 430 g/mol. The molecule has 0 aliphatic heterocycles. The van der Waals surface area contributed by atoms with E-state index in [4.69, 9.17) is 0 Å². The Morgan fingerprint density at radius 1 is 0.920 bits per heavy atom. The van der Waals surface area contributed by atoms with Gasteiger partial charge in [-0.05, 0) is 52.9 Å². The number of nitrogens with zero attached hydrogens (tertiary/aromatic N) is 4. The van der Waals surface area contributed by atoms with Crippen molar-refractivity contribution < 1.29 is 4.39 Å². The lowest BCUT2D eigenvalue weighted by molar-refractivity contribution is 0.629. The Labute approximate surface area is 157 Å². The molecule has 0 aliphatic rings.